The monoisotopic (exact) mass is 548 g/mol. The summed E-state index contributed by atoms with van der Waals surface area (Å²) in [5.74, 6) is 0.418. The maximum atomic E-state index is 12.9. The second-order valence-electron chi connectivity index (χ2n) is 9.88. The molecule has 42 heavy (non-hydrogen) atoms. The Bertz CT molecular complexity index is 1670. The van der Waals surface area contributed by atoms with E-state index in [-0.39, 0.29) is 11.8 Å². The molecule has 204 valence electrons. The summed E-state index contributed by atoms with van der Waals surface area (Å²) < 4.78 is 11.2. The molecule has 2 heterocycles. The predicted octanol–water partition coefficient (Wildman–Crippen LogP) is 8.57. The van der Waals surface area contributed by atoms with Gasteiger partial charge >= 0.3 is 6.16 Å². The first kappa shape index (κ1) is 26.7. The average molecular weight is 549 g/mol. The minimum absolute atomic E-state index is 0.209. The van der Waals surface area contributed by atoms with Crippen molar-refractivity contribution in [3.8, 4) is 34.0 Å². The van der Waals surface area contributed by atoms with E-state index in [1.807, 2.05) is 72.8 Å². The van der Waals surface area contributed by atoms with Crippen molar-refractivity contribution < 1.29 is 14.3 Å². The molecule has 0 aliphatic heterocycles. The summed E-state index contributed by atoms with van der Waals surface area (Å²) in [6, 6.07) is 44.5. The van der Waals surface area contributed by atoms with Gasteiger partial charge in [-0.05, 0) is 45.5 Å². The molecule has 0 saturated heterocycles. The molecule has 5 heteroatoms. The molecule has 0 fully saturated rings. The molecule has 6 rings (SSSR count). The minimum atomic E-state index is -0.883. The third-order valence-corrected chi connectivity index (χ3v) is 6.92. The Kier molecular flexibility index (Phi) is 8.09. The molecule has 4 aromatic carbocycles. The standard InChI is InChI=1S/C37H28N2O3/c40-37(41-35-33(19-9-21-38-35)25-27-11-7-17-31(23-27)29-13-3-1-4-14-29)42-36-34(20-10-22-39-36)26-28-12-8-18-32(24-28)30-15-5-2-6-16-30/h1-24H,25-26H2. The lowest BCUT2D eigenvalue weighted by molar-refractivity contribution is 0.147. The second kappa shape index (κ2) is 12.7. The molecule has 0 bridgehead atoms. The first-order valence-electron chi connectivity index (χ1n) is 13.8. The summed E-state index contributed by atoms with van der Waals surface area (Å²) in [6.07, 6.45) is 3.40. The van der Waals surface area contributed by atoms with Crippen LogP contribution in [0.2, 0.25) is 0 Å². The van der Waals surface area contributed by atoms with Crippen molar-refractivity contribution in [3.63, 3.8) is 0 Å². The topological polar surface area (TPSA) is 61.3 Å². The van der Waals surface area contributed by atoms with E-state index < -0.39 is 6.16 Å². The highest BCUT2D eigenvalue weighted by Gasteiger charge is 2.17. The smallest absolute Gasteiger partial charge is 0.375 e. The van der Waals surface area contributed by atoms with Crippen molar-refractivity contribution in [2.75, 3.05) is 0 Å². The van der Waals surface area contributed by atoms with Gasteiger partial charge in [-0.2, -0.15) is 0 Å². The van der Waals surface area contributed by atoms with Crippen molar-refractivity contribution in [1.82, 2.24) is 9.97 Å². The highest BCUT2D eigenvalue weighted by Crippen LogP contribution is 2.26. The molecule has 0 atom stereocenters. The quantitative estimate of drug-likeness (QED) is 0.178. The number of hydrogen-bond donors (Lipinski definition) is 0. The summed E-state index contributed by atoms with van der Waals surface area (Å²) in [6.45, 7) is 0. The zero-order valence-corrected chi connectivity index (χ0v) is 22.9. The van der Waals surface area contributed by atoms with Crippen molar-refractivity contribution in [2.24, 2.45) is 0 Å². The van der Waals surface area contributed by atoms with E-state index in [4.69, 9.17) is 9.47 Å². The Morgan fingerprint density at radius 2 is 0.905 bits per heavy atom. The molecule has 0 saturated carbocycles. The molecule has 0 aliphatic rings. The van der Waals surface area contributed by atoms with Crippen LogP contribution in [0.3, 0.4) is 0 Å². The van der Waals surface area contributed by atoms with Crippen molar-refractivity contribution >= 4 is 6.16 Å². The lowest BCUT2D eigenvalue weighted by Crippen LogP contribution is -2.17. The van der Waals surface area contributed by atoms with Crippen LogP contribution >= 0.6 is 0 Å². The number of carbonyl (C=O) groups excluding carboxylic acids is 1. The van der Waals surface area contributed by atoms with Gasteiger partial charge in [-0.3, -0.25) is 0 Å². The fourth-order valence-corrected chi connectivity index (χ4v) is 4.90. The second-order valence-corrected chi connectivity index (χ2v) is 9.88. The van der Waals surface area contributed by atoms with Crippen LogP contribution in [0.4, 0.5) is 4.79 Å². The van der Waals surface area contributed by atoms with Gasteiger partial charge in [0.25, 0.3) is 0 Å². The van der Waals surface area contributed by atoms with E-state index in [1.165, 1.54) is 0 Å². The Balaban J connectivity index is 1.16. The first-order chi connectivity index (χ1) is 20.7. The molecule has 0 spiro atoms. The van der Waals surface area contributed by atoms with Gasteiger partial charge < -0.3 is 9.47 Å². The van der Waals surface area contributed by atoms with Crippen molar-refractivity contribution in [2.45, 2.75) is 12.8 Å². The average Bonchev–Trinajstić information content (AvgIpc) is 3.04. The molecular formula is C37H28N2O3. The Labute approximate surface area is 245 Å². The lowest BCUT2D eigenvalue weighted by Gasteiger charge is -2.12. The summed E-state index contributed by atoms with van der Waals surface area (Å²) in [5.41, 5.74) is 8.23. The summed E-state index contributed by atoms with van der Waals surface area (Å²) >= 11 is 0. The highest BCUT2D eigenvalue weighted by atomic mass is 16.7. The molecule has 6 aromatic rings. The van der Waals surface area contributed by atoms with Crippen LogP contribution in [-0.4, -0.2) is 16.1 Å². The SMILES string of the molecule is O=C(Oc1ncccc1Cc1cccc(-c2ccccc2)c1)Oc1ncccc1Cc1cccc(-c2ccccc2)c1. The van der Waals surface area contributed by atoms with Crippen LogP contribution in [-0.2, 0) is 12.8 Å². The van der Waals surface area contributed by atoms with Crippen molar-refractivity contribution in [1.29, 1.82) is 0 Å². The molecule has 0 aliphatic carbocycles. The van der Waals surface area contributed by atoms with Gasteiger partial charge in [0.1, 0.15) is 0 Å². The number of aromatic nitrogens is 2. The van der Waals surface area contributed by atoms with Gasteiger partial charge in [0.05, 0.1) is 0 Å². The number of carbonyl (C=O) groups is 1. The fourth-order valence-electron chi connectivity index (χ4n) is 4.90. The van der Waals surface area contributed by atoms with E-state index in [1.54, 1.807) is 12.4 Å². The Morgan fingerprint density at radius 1 is 0.476 bits per heavy atom. The largest absolute Gasteiger partial charge is 0.522 e. The van der Waals surface area contributed by atoms with Gasteiger partial charge in [-0.15, -0.1) is 0 Å². The molecule has 0 unspecified atom stereocenters. The zero-order valence-electron chi connectivity index (χ0n) is 22.9. The van der Waals surface area contributed by atoms with E-state index in [9.17, 15) is 4.79 Å². The maximum Gasteiger partial charge on any atom is 0.522 e. The number of ether oxygens (including phenoxy) is 2. The van der Waals surface area contributed by atoms with Gasteiger partial charge in [0.2, 0.25) is 11.8 Å². The van der Waals surface area contributed by atoms with E-state index in [0.717, 1.165) is 44.5 Å². The lowest BCUT2D eigenvalue weighted by atomic mass is 9.99. The van der Waals surface area contributed by atoms with E-state index >= 15 is 0 Å². The number of rotatable bonds is 8. The van der Waals surface area contributed by atoms with Crippen molar-refractivity contribution in [3.05, 3.63) is 168 Å². The van der Waals surface area contributed by atoms with Crippen LogP contribution in [0.1, 0.15) is 22.3 Å². The summed E-state index contributed by atoms with van der Waals surface area (Å²) in [4.78, 5) is 21.6. The molecule has 0 N–H and O–H groups in total. The van der Waals surface area contributed by atoms with E-state index in [2.05, 4.69) is 70.6 Å². The minimum Gasteiger partial charge on any atom is -0.375 e. The highest BCUT2D eigenvalue weighted by molar-refractivity contribution is 5.68. The van der Waals surface area contributed by atoms with Gasteiger partial charge in [0, 0.05) is 36.4 Å². The third kappa shape index (κ3) is 6.60. The predicted molar refractivity (Wildman–Crippen MR) is 164 cm³/mol. The molecular weight excluding hydrogens is 520 g/mol. The Morgan fingerprint density at radius 3 is 1.36 bits per heavy atom. The molecule has 2 aromatic heterocycles. The first-order valence-corrected chi connectivity index (χ1v) is 13.8. The van der Waals surface area contributed by atoms with Gasteiger partial charge in [-0.25, -0.2) is 14.8 Å². The molecule has 0 radical (unpaired) electrons. The number of nitrogens with zero attached hydrogens (tertiary/aromatic N) is 2. The van der Waals surface area contributed by atoms with Crippen LogP contribution in [0, 0.1) is 0 Å². The van der Waals surface area contributed by atoms with Crippen LogP contribution < -0.4 is 9.47 Å². The van der Waals surface area contributed by atoms with Crippen LogP contribution in [0.25, 0.3) is 22.3 Å². The zero-order chi connectivity index (χ0) is 28.6. The number of hydrogen-bond acceptors (Lipinski definition) is 5. The number of pyridine rings is 2. The molecule has 5 nitrogen and oxygen atoms in total. The summed E-state index contributed by atoms with van der Waals surface area (Å²) in [7, 11) is 0. The fraction of sp³-hybridized carbons (Fsp3) is 0.0541. The third-order valence-electron chi connectivity index (χ3n) is 6.92. The number of benzene rings is 4. The van der Waals surface area contributed by atoms with Crippen LogP contribution in [0.5, 0.6) is 11.8 Å². The van der Waals surface area contributed by atoms with Gasteiger partial charge in [0.15, 0.2) is 0 Å². The molecule has 0 amide bonds. The summed E-state index contributed by atoms with van der Waals surface area (Å²) in [5, 5.41) is 0. The maximum absolute atomic E-state index is 12.9. The van der Waals surface area contributed by atoms with Gasteiger partial charge in [-0.1, -0.05) is 121 Å². The normalized spacial score (nSPS) is 10.7. The van der Waals surface area contributed by atoms with Crippen LogP contribution in [0.15, 0.2) is 146 Å². The Hall–Kier alpha value is -5.55. The van der Waals surface area contributed by atoms with E-state index in [0.29, 0.717) is 12.8 Å².